The van der Waals surface area contributed by atoms with Gasteiger partial charge in [0.1, 0.15) is 7.05 Å². The van der Waals surface area contributed by atoms with Crippen molar-refractivity contribution in [2.24, 2.45) is 7.05 Å². The smallest absolute Gasteiger partial charge is 0.168 e. The highest BCUT2D eigenvalue weighted by Crippen LogP contribution is 2.08. The normalized spacial score (nSPS) is 11.1. The van der Waals surface area contributed by atoms with E-state index >= 15 is 0 Å². The first-order valence-electron chi connectivity index (χ1n) is 7.68. The number of aryl methyl sites for hydroxylation is 2. The lowest BCUT2D eigenvalue weighted by molar-refractivity contribution is -0.671. The fourth-order valence-corrected chi connectivity index (χ4v) is 3.57. The van der Waals surface area contributed by atoms with Crippen LogP contribution in [0.1, 0.15) is 51.0 Å². The first kappa shape index (κ1) is 20.8. The van der Waals surface area contributed by atoms with Crippen LogP contribution >= 0.6 is 0 Å². The predicted molar refractivity (Wildman–Crippen MR) is 83.4 cm³/mol. The molecule has 21 heavy (non-hydrogen) atoms. The van der Waals surface area contributed by atoms with Crippen LogP contribution in [0.2, 0.25) is 0 Å². The molecule has 0 aromatic carbocycles. The summed E-state index contributed by atoms with van der Waals surface area (Å²) in [4.78, 5) is 0. The number of unbranched alkanes of at least 4 members (excludes halogenated alkanes) is 5. The van der Waals surface area contributed by atoms with Crippen molar-refractivity contribution in [1.82, 2.24) is 0 Å². The minimum Gasteiger partial charge on any atom is -1.00 e. The van der Waals surface area contributed by atoms with E-state index in [-0.39, 0.29) is 29.7 Å². The maximum atomic E-state index is 12.0. The van der Waals surface area contributed by atoms with Crippen LogP contribution in [0.5, 0.6) is 0 Å². The summed E-state index contributed by atoms with van der Waals surface area (Å²) in [5.41, 5.74) is 1.09. The van der Waals surface area contributed by atoms with Crippen molar-refractivity contribution in [3.05, 3.63) is 30.1 Å². The maximum absolute atomic E-state index is 12.0. The quantitative estimate of drug-likeness (QED) is 0.297. The minimum atomic E-state index is -2.89. The van der Waals surface area contributed by atoms with Gasteiger partial charge in [-0.25, -0.2) is 13.0 Å². The molecule has 0 aliphatic carbocycles. The van der Waals surface area contributed by atoms with Gasteiger partial charge in [-0.1, -0.05) is 39.0 Å². The molecule has 3 nitrogen and oxygen atoms in total. The van der Waals surface area contributed by atoms with Crippen LogP contribution in [0, 0.1) is 0 Å². The monoisotopic (exact) mass is 425 g/mol. The van der Waals surface area contributed by atoms with E-state index in [9.17, 15) is 8.42 Å². The third kappa shape index (κ3) is 10.2. The Hall–Kier alpha value is -0.170. The molecule has 0 atom stereocenters. The summed E-state index contributed by atoms with van der Waals surface area (Å²) in [6.07, 6.45) is 11.3. The highest BCUT2D eigenvalue weighted by Gasteiger charge is 2.11. The van der Waals surface area contributed by atoms with Crippen molar-refractivity contribution >= 4 is 9.84 Å². The molecule has 1 heterocycles. The fourth-order valence-electron chi connectivity index (χ4n) is 2.18. The Morgan fingerprint density at radius 2 is 1.52 bits per heavy atom. The molecule has 0 N–H and O–H groups in total. The summed E-state index contributed by atoms with van der Waals surface area (Å²) in [6, 6.07) is 3.97. The van der Waals surface area contributed by atoms with E-state index in [0.29, 0.717) is 12.2 Å². The van der Waals surface area contributed by atoms with Crippen LogP contribution in [0.3, 0.4) is 0 Å². The zero-order chi connectivity index (χ0) is 14.8. The summed E-state index contributed by atoms with van der Waals surface area (Å²) in [5, 5.41) is 0. The number of sulfone groups is 1. The summed E-state index contributed by atoms with van der Waals surface area (Å²) in [6.45, 7) is 2.19. The zero-order valence-electron chi connectivity index (χ0n) is 13.2. The third-order valence-corrected chi connectivity index (χ3v) is 5.29. The lowest BCUT2D eigenvalue weighted by atomic mass is 10.1. The Bertz CT molecular complexity index is 472. The van der Waals surface area contributed by atoms with E-state index in [1.54, 1.807) is 0 Å². The molecule has 0 aliphatic rings. The summed E-state index contributed by atoms with van der Waals surface area (Å²) >= 11 is 0. The van der Waals surface area contributed by atoms with Crippen LogP contribution in [0.15, 0.2) is 24.5 Å². The molecule has 0 radical (unpaired) electrons. The molecule has 0 saturated heterocycles. The van der Waals surface area contributed by atoms with E-state index in [0.717, 1.165) is 18.4 Å². The van der Waals surface area contributed by atoms with Gasteiger partial charge >= 0.3 is 0 Å². The molecule has 0 fully saturated rings. The van der Waals surface area contributed by atoms with E-state index in [1.807, 2.05) is 36.1 Å². The van der Waals surface area contributed by atoms with Gasteiger partial charge in [0.25, 0.3) is 0 Å². The van der Waals surface area contributed by atoms with Gasteiger partial charge in [-0.15, -0.1) is 0 Å². The van der Waals surface area contributed by atoms with E-state index < -0.39 is 9.84 Å². The molecule has 0 unspecified atom stereocenters. The number of halogens is 1. The summed E-state index contributed by atoms with van der Waals surface area (Å²) in [5.74, 6) is 0.620. The Morgan fingerprint density at radius 3 is 2.14 bits per heavy atom. The topological polar surface area (TPSA) is 38.0 Å². The van der Waals surface area contributed by atoms with E-state index in [4.69, 9.17) is 0 Å². The molecule has 0 spiro atoms. The number of hydrogen-bond acceptors (Lipinski definition) is 2. The summed E-state index contributed by atoms with van der Waals surface area (Å²) < 4.78 is 25.9. The van der Waals surface area contributed by atoms with Crippen molar-refractivity contribution in [3.8, 4) is 0 Å². The van der Waals surface area contributed by atoms with Gasteiger partial charge in [0.05, 0.1) is 11.5 Å². The average molecular weight is 425 g/mol. The Balaban J connectivity index is 0.00000400. The second-order valence-electron chi connectivity index (χ2n) is 5.54. The van der Waals surface area contributed by atoms with Gasteiger partial charge in [0, 0.05) is 12.1 Å². The number of hydrogen-bond donors (Lipinski definition) is 0. The van der Waals surface area contributed by atoms with E-state index in [1.165, 1.54) is 25.7 Å². The lowest BCUT2D eigenvalue weighted by Gasteiger charge is -2.04. The third-order valence-electron chi connectivity index (χ3n) is 3.56. The van der Waals surface area contributed by atoms with Gasteiger partial charge in [-0.2, -0.15) is 0 Å². The Kier molecular flexibility index (Phi) is 11.3. The van der Waals surface area contributed by atoms with Gasteiger partial charge in [-0.05, 0) is 18.4 Å². The van der Waals surface area contributed by atoms with Gasteiger partial charge in [-0.3, -0.25) is 0 Å². The van der Waals surface area contributed by atoms with Crippen LogP contribution in [0.25, 0.3) is 0 Å². The molecular weight excluding hydrogens is 397 g/mol. The number of pyridine rings is 1. The lowest BCUT2D eigenvalue weighted by Crippen LogP contribution is -3.00. The molecule has 1 rings (SSSR count). The fraction of sp³-hybridized carbons (Fsp3) is 0.688. The maximum Gasteiger partial charge on any atom is 0.168 e. The molecule has 1 aromatic heterocycles. The van der Waals surface area contributed by atoms with Crippen LogP contribution < -0.4 is 28.5 Å². The van der Waals surface area contributed by atoms with Crippen LogP contribution in [-0.4, -0.2) is 19.9 Å². The molecular formula is C16H28INO2S. The molecule has 5 heteroatoms. The Labute approximate surface area is 147 Å². The number of nitrogens with zero attached hydrogens (tertiary/aromatic N) is 1. The van der Waals surface area contributed by atoms with Crippen molar-refractivity contribution in [1.29, 1.82) is 0 Å². The van der Waals surface area contributed by atoms with Crippen molar-refractivity contribution in [3.63, 3.8) is 0 Å². The molecule has 0 bridgehead atoms. The van der Waals surface area contributed by atoms with Crippen LogP contribution in [-0.2, 0) is 23.3 Å². The standard InChI is InChI=1S/C16H28NO2S.HI/c1-3-4-5-6-7-8-14-20(18,19)15-11-16-9-12-17(2)13-10-16;/h9-10,12-13H,3-8,11,14-15H2,1-2H3;1H/q+1;/p-1. The first-order valence-corrected chi connectivity index (χ1v) is 9.50. The average Bonchev–Trinajstić information content (AvgIpc) is 2.42. The SMILES string of the molecule is CCCCCCCCS(=O)(=O)CCc1cc[n+](C)cc1.[I-]. The minimum absolute atomic E-state index is 0. The number of rotatable bonds is 10. The second-order valence-corrected chi connectivity index (χ2v) is 7.85. The zero-order valence-corrected chi connectivity index (χ0v) is 16.2. The second kappa shape index (κ2) is 11.4. The van der Waals surface area contributed by atoms with Crippen molar-refractivity contribution in [2.75, 3.05) is 11.5 Å². The highest BCUT2D eigenvalue weighted by atomic mass is 127. The van der Waals surface area contributed by atoms with Crippen molar-refractivity contribution in [2.45, 2.75) is 51.9 Å². The first-order chi connectivity index (χ1) is 9.53. The molecule has 0 saturated carbocycles. The van der Waals surface area contributed by atoms with Crippen LogP contribution in [0.4, 0.5) is 0 Å². The van der Waals surface area contributed by atoms with Gasteiger partial charge < -0.3 is 24.0 Å². The predicted octanol–water partition coefficient (Wildman–Crippen LogP) is -0.167. The summed E-state index contributed by atoms with van der Waals surface area (Å²) in [7, 11) is -0.932. The molecule has 122 valence electrons. The largest absolute Gasteiger partial charge is 1.00 e. The molecule has 0 aliphatic heterocycles. The highest BCUT2D eigenvalue weighted by molar-refractivity contribution is 7.91. The van der Waals surface area contributed by atoms with E-state index in [2.05, 4.69) is 6.92 Å². The van der Waals surface area contributed by atoms with Gasteiger partial charge in [0.15, 0.2) is 22.2 Å². The Morgan fingerprint density at radius 1 is 0.952 bits per heavy atom. The number of aromatic nitrogens is 1. The molecule has 1 aromatic rings. The van der Waals surface area contributed by atoms with Gasteiger partial charge in [0.2, 0.25) is 0 Å². The van der Waals surface area contributed by atoms with Crippen molar-refractivity contribution < 1.29 is 37.0 Å². The molecule has 0 amide bonds.